The van der Waals surface area contributed by atoms with Gasteiger partial charge in [0, 0.05) is 37.1 Å². The van der Waals surface area contributed by atoms with Gasteiger partial charge in [-0.3, -0.25) is 4.79 Å². The zero-order valence-corrected chi connectivity index (χ0v) is 15.2. The summed E-state index contributed by atoms with van der Waals surface area (Å²) >= 11 is 0. The van der Waals surface area contributed by atoms with Crippen molar-refractivity contribution in [2.75, 3.05) is 37.7 Å². The first-order chi connectivity index (χ1) is 13.6. The second kappa shape index (κ2) is 7.72. The molecule has 1 N–H and O–H groups in total. The highest BCUT2D eigenvalue weighted by Crippen LogP contribution is 2.20. The summed E-state index contributed by atoms with van der Waals surface area (Å²) in [6.45, 7) is 1.66. The number of fused-ring (bicyclic) bond motifs is 1. The molecule has 1 amide bonds. The van der Waals surface area contributed by atoms with Crippen LogP contribution in [-0.2, 0) is 9.53 Å². The Labute approximate surface area is 161 Å². The van der Waals surface area contributed by atoms with Gasteiger partial charge in [0.05, 0.1) is 5.69 Å². The molecule has 2 heterocycles. The van der Waals surface area contributed by atoms with Crippen LogP contribution in [0.3, 0.4) is 0 Å². The smallest absolute Gasteiger partial charge is 0.355 e. The fraction of sp³-hybridized carbons (Fsp3) is 0.238. The third-order valence-electron chi connectivity index (χ3n) is 4.90. The van der Waals surface area contributed by atoms with Crippen molar-refractivity contribution in [3.8, 4) is 0 Å². The highest BCUT2D eigenvalue weighted by atomic mass is 19.1. The van der Waals surface area contributed by atoms with Crippen molar-refractivity contribution in [2.24, 2.45) is 0 Å². The molecule has 0 bridgehead atoms. The number of aromatic nitrogens is 1. The van der Waals surface area contributed by atoms with Gasteiger partial charge in [-0.05, 0) is 24.3 Å². The molecule has 2 aromatic carbocycles. The Bertz CT molecular complexity index is 976. The molecule has 3 aromatic rings. The average Bonchev–Trinajstić information content (AvgIpc) is 3.17. The van der Waals surface area contributed by atoms with Gasteiger partial charge in [0.25, 0.3) is 5.91 Å². The summed E-state index contributed by atoms with van der Waals surface area (Å²) < 4.78 is 19.1. The van der Waals surface area contributed by atoms with E-state index in [0.717, 1.165) is 10.9 Å². The SMILES string of the molecule is O=C(OCC(=O)N1CCN(c2ccccc2F)CC1)c1cc2ccccc2[nH]1. The van der Waals surface area contributed by atoms with E-state index >= 15 is 0 Å². The van der Waals surface area contributed by atoms with Crippen LogP contribution in [0.15, 0.2) is 54.6 Å². The third kappa shape index (κ3) is 3.69. The van der Waals surface area contributed by atoms with Crippen molar-refractivity contribution >= 4 is 28.5 Å². The third-order valence-corrected chi connectivity index (χ3v) is 4.90. The van der Waals surface area contributed by atoms with Gasteiger partial charge in [0.1, 0.15) is 11.5 Å². The van der Waals surface area contributed by atoms with Crippen molar-refractivity contribution in [3.05, 3.63) is 66.1 Å². The van der Waals surface area contributed by atoms with E-state index in [-0.39, 0.29) is 18.3 Å². The number of aromatic amines is 1. The first kappa shape index (κ1) is 18.0. The topological polar surface area (TPSA) is 65.6 Å². The van der Waals surface area contributed by atoms with E-state index in [2.05, 4.69) is 4.98 Å². The molecule has 6 nitrogen and oxygen atoms in total. The number of anilines is 1. The quantitative estimate of drug-likeness (QED) is 0.706. The number of nitrogens with one attached hydrogen (secondary N) is 1. The number of carbonyl (C=O) groups excluding carboxylic acids is 2. The van der Waals surface area contributed by atoms with Crippen molar-refractivity contribution in [2.45, 2.75) is 0 Å². The number of hydrogen-bond acceptors (Lipinski definition) is 4. The summed E-state index contributed by atoms with van der Waals surface area (Å²) in [5.41, 5.74) is 1.70. The van der Waals surface area contributed by atoms with Crippen molar-refractivity contribution < 1.29 is 18.7 Å². The van der Waals surface area contributed by atoms with Crippen LogP contribution in [0.5, 0.6) is 0 Å². The molecule has 0 aliphatic carbocycles. The van der Waals surface area contributed by atoms with Gasteiger partial charge in [0.15, 0.2) is 6.61 Å². The first-order valence-electron chi connectivity index (χ1n) is 9.14. The van der Waals surface area contributed by atoms with Gasteiger partial charge in [-0.2, -0.15) is 0 Å². The molecule has 0 atom stereocenters. The van der Waals surface area contributed by atoms with E-state index in [0.29, 0.717) is 37.6 Å². The standard InChI is InChI=1S/C21H20FN3O3/c22-16-6-2-4-8-19(16)24-9-11-25(12-10-24)20(26)14-28-21(27)18-13-15-5-1-3-7-17(15)23-18/h1-8,13,23H,9-12,14H2. The fourth-order valence-electron chi connectivity index (χ4n) is 3.38. The molecule has 1 aliphatic heterocycles. The van der Waals surface area contributed by atoms with Crippen molar-refractivity contribution in [1.29, 1.82) is 0 Å². The number of amides is 1. The second-order valence-electron chi connectivity index (χ2n) is 6.67. The lowest BCUT2D eigenvalue weighted by Gasteiger charge is -2.36. The van der Waals surface area contributed by atoms with Crippen LogP contribution in [0.1, 0.15) is 10.5 Å². The number of nitrogens with zero attached hydrogens (tertiary/aromatic N) is 2. The second-order valence-corrected chi connectivity index (χ2v) is 6.67. The number of esters is 1. The van der Waals surface area contributed by atoms with Crippen LogP contribution in [0.25, 0.3) is 10.9 Å². The van der Waals surface area contributed by atoms with Crippen LogP contribution < -0.4 is 4.90 Å². The molecule has 28 heavy (non-hydrogen) atoms. The molecule has 4 rings (SSSR count). The maximum absolute atomic E-state index is 13.9. The zero-order valence-electron chi connectivity index (χ0n) is 15.2. The molecule has 1 aliphatic rings. The van der Waals surface area contributed by atoms with E-state index in [1.165, 1.54) is 6.07 Å². The number of rotatable bonds is 4. The molecular weight excluding hydrogens is 361 g/mol. The molecule has 0 radical (unpaired) electrons. The normalized spacial score (nSPS) is 14.3. The van der Waals surface area contributed by atoms with E-state index in [1.807, 2.05) is 29.2 Å². The van der Waals surface area contributed by atoms with Crippen LogP contribution in [0, 0.1) is 5.82 Å². The monoisotopic (exact) mass is 381 g/mol. The molecule has 1 saturated heterocycles. The minimum Gasteiger partial charge on any atom is -0.451 e. The van der Waals surface area contributed by atoms with Crippen molar-refractivity contribution in [1.82, 2.24) is 9.88 Å². The molecule has 0 unspecified atom stereocenters. The Morgan fingerprint density at radius 2 is 1.71 bits per heavy atom. The zero-order chi connectivity index (χ0) is 19.5. The number of carbonyl (C=O) groups is 2. The predicted molar refractivity (Wildman–Crippen MR) is 104 cm³/mol. The Balaban J connectivity index is 1.30. The Morgan fingerprint density at radius 1 is 1.00 bits per heavy atom. The highest BCUT2D eigenvalue weighted by Gasteiger charge is 2.23. The summed E-state index contributed by atoms with van der Waals surface area (Å²) in [7, 11) is 0. The molecule has 0 spiro atoms. The summed E-state index contributed by atoms with van der Waals surface area (Å²) in [5.74, 6) is -1.08. The lowest BCUT2D eigenvalue weighted by Crippen LogP contribution is -2.50. The van der Waals surface area contributed by atoms with Gasteiger partial charge in [-0.1, -0.05) is 30.3 Å². The largest absolute Gasteiger partial charge is 0.451 e. The highest BCUT2D eigenvalue weighted by molar-refractivity contribution is 5.95. The van der Waals surface area contributed by atoms with Gasteiger partial charge in [-0.15, -0.1) is 0 Å². The molecule has 144 valence electrons. The van der Waals surface area contributed by atoms with Gasteiger partial charge < -0.3 is 19.5 Å². The number of H-pyrrole nitrogens is 1. The van der Waals surface area contributed by atoms with Crippen molar-refractivity contribution in [3.63, 3.8) is 0 Å². The van der Waals surface area contributed by atoms with Crippen LogP contribution in [0.2, 0.25) is 0 Å². The van der Waals surface area contributed by atoms with Crippen LogP contribution in [-0.4, -0.2) is 54.5 Å². The van der Waals surface area contributed by atoms with E-state index in [1.54, 1.807) is 29.2 Å². The van der Waals surface area contributed by atoms with E-state index in [9.17, 15) is 14.0 Å². The number of halogens is 1. The first-order valence-corrected chi connectivity index (χ1v) is 9.14. The maximum atomic E-state index is 13.9. The summed E-state index contributed by atoms with van der Waals surface area (Å²) in [4.78, 5) is 31.1. The molecule has 0 saturated carbocycles. The average molecular weight is 381 g/mol. The fourth-order valence-corrected chi connectivity index (χ4v) is 3.38. The minimum atomic E-state index is -0.561. The van der Waals surface area contributed by atoms with Gasteiger partial charge >= 0.3 is 5.97 Å². The van der Waals surface area contributed by atoms with Crippen LogP contribution in [0.4, 0.5) is 10.1 Å². The maximum Gasteiger partial charge on any atom is 0.355 e. The van der Waals surface area contributed by atoms with Crippen LogP contribution >= 0.6 is 0 Å². The number of ether oxygens (including phenoxy) is 1. The minimum absolute atomic E-state index is 0.252. The van der Waals surface area contributed by atoms with Gasteiger partial charge in [-0.25, -0.2) is 9.18 Å². The number of benzene rings is 2. The molecule has 1 aromatic heterocycles. The Kier molecular flexibility index (Phi) is 4.97. The Hall–Kier alpha value is -3.35. The lowest BCUT2D eigenvalue weighted by molar-refractivity contribution is -0.134. The van der Waals surface area contributed by atoms with E-state index < -0.39 is 5.97 Å². The number of para-hydroxylation sites is 2. The predicted octanol–water partition coefficient (Wildman–Crippen LogP) is 2.81. The molecular formula is C21H20FN3O3. The molecule has 7 heteroatoms. The Morgan fingerprint density at radius 3 is 2.46 bits per heavy atom. The number of hydrogen-bond donors (Lipinski definition) is 1. The summed E-state index contributed by atoms with van der Waals surface area (Å²) in [6.07, 6.45) is 0. The van der Waals surface area contributed by atoms with E-state index in [4.69, 9.17) is 4.74 Å². The lowest BCUT2D eigenvalue weighted by atomic mass is 10.2. The van der Waals surface area contributed by atoms with Gasteiger partial charge in [0.2, 0.25) is 0 Å². The number of piperazine rings is 1. The molecule has 1 fully saturated rings. The summed E-state index contributed by atoms with van der Waals surface area (Å²) in [5, 5.41) is 0.907. The summed E-state index contributed by atoms with van der Waals surface area (Å²) in [6, 6.07) is 15.8.